The Kier molecular flexibility index (Phi) is 3.85. The molecular formula is C15H16ClN3O. The summed E-state index contributed by atoms with van der Waals surface area (Å²) in [5.41, 5.74) is 1.45. The SMILES string of the molecule is O=C(CNCC1CC1)Nc1ccc(Cl)c2ncccc12. The molecule has 1 amide bonds. The fourth-order valence-corrected chi connectivity index (χ4v) is 2.37. The summed E-state index contributed by atoms with van der Waals surface area (Å²) in [6.07, 6.45) is 4.25. The molecule has 0 saturated heterocycles. The maximum absolute atomic E-state index is 11.9. The van der Waals surface area contributed by atoms with E-state index in [9.17, 15) is 4.79 Å². The zero-order chi connectivity index (χ0) is 13.9. The van der Waals surface area contributed by atoms with Crippen LogP contribution in [0.1, 0.15) is 12.8 Å². The van der Waals surface area contributed by atoms with Gasteiger partial charge < -0.3 is 10.6 Å². The molecule has 1 aliphatic carbocycles. The van der Waals surface area contributed by atoms with Gasteiger partial charge in [-0.3, -0.25) is 9.78 Å². The number of anilines is 1. The van der Waals surface area contributed by atoms with Crippen LogP contribution in [0.4, 0.5) is 5.69 Å². The third kappa shape index (κ3) is 3.08. The van der Waals surface area contributed by atoms with Crippen molar-refractivity contribution in [3.05, 3.63) is 35.5 Å². The van der Waals surface area contributed by atoms with E-state index >= 15 is 0 Å². The highest BCUT2D eigenvalue weighted by atomic mass is 35.5. The smallest absolute Gasteiger partial charge is 0.238 e. The summed E-state index contributed by atoms with van der Waals surface area (Å²) in [5, 5.41) is 7.52. The number of carbonyl (C=O) groups is 1. The lowest BCUT2D eigenvalue weighted by atomic mass is 10.2. The van der Waals surface area contributed by atoms with Gasteiger partial charge in [0.15, 0.2) is 0 Å². The second-order valence-electron chi connectivity index (χ2n) is 5.12. The van der Waals surface area contributed by atoms with Crippen LogP contribution in [0.25, 0.3) is 10.9 Å². The zero-order valence-electron chi connectivity index (χ0n) is 11.0. The summed E-state index contributed by atoms with van der Waals surface area (Å²) in [6, 6.07) is 7.30. The van der Waals surface area contributed by atoms with Gasteiger partial charge in [-0.2, -0.15) is 0 Å². The average Bonchev–Trinajstić information content (AvgIpc) is 3.27. The molecule has 20 heavy (non-hydrogen) atoms. The van der Waals surface area contributed by atoms with Crippen molar-refractivity contribution in [2.24, 2.45) is 5.92 Å². The van der Waals surface area contributed by atoms with Crippen molar-refractivity contribution >= 4 is 34.1 Å². The van der Waals surface area contributed by atoms with E-state index in [2.05, 4.69) is 15.6 Å². The van der Waals surface area contributed by atoms with Gasteiger partial charge in [-0.1, -0.05) is 11.6 Å². The highest BCUT2D eigenvalue weighted by Crippen LogP contribution is 2.28. The zero-order valence-corrected chi connectivity index (χ0v) is 11.8. The van der Waals surface area contributed by atoms with Crippen molar-refractivity contribution in [2.45, 2.75) is 12.8 Å². The molecule has 5 heteroatoms. The molecule has 1 heterocycles. The molecule has 0 bridgehead atoms. The monoisotopic (exact) mass is 289 g/mol. The molecular weight excluding hydrogens is 274 g/mol. The summed E-state index contributed by atoms with van der Waals surface area (Å²) in [7, 11) is 0. The quantitative estimate of drug-likeness (QED) is 0.890. The highest BCUT2D eigenvalue weighted by molar-refractivity contribution is 6.35. The minimum Gasteiger partial charge on any atom is -0.324 e. The second kappa shape index (κ2) is 5.77. The largest absolute Gasteiger partial charge is 0.324 e. The highest BCUT2D eigenvalue weighted by Gasteiger charge is 2.20. The van der Waals surface area contributed by atoms with Crippen molar-refractivity contribution < 1.29 is 4.79 Å². The van der Waals surface area contributed by atoms with Crippen molar-refractivity contribution in [2.75, 3.05) is 18.4 Å². The van der Waals surface area contributed by atoms with E-state index in [1.54, 1.807) is 12.3 Å². The van der Waals surface area contributed by atoms with Gasteiger partial charge in [-0.25, -0.2) is 0 Å². The molecule has 4 nitrogen and oxygen atoms in total. The Bertz CT molecular complexity index is 640. The van der Waals surface area contributed by atoms with E-state index < -0.39 is 0 Å². The van der Waals surface area contributed by atoms with Crippen LogP contribution in [0.2, 0.25) is 5.02 Å². The first-order chi connectivity index (χ1) is 9.74. The molecule has 2 N–H and O–H groups in total. The minimum atomic E-state index is -0.0434. The standard InChI is InChI=1S/C15H16ClN3O/c16-12-5-6-13(11-2-1-7-18-15(11)12)19-14(20)9-17-8-10-3-4-10/h1-2,5-7,10,17H,3-4,8-9H2,(H,19,20). The number of halogens is 1. The lowest BCUT2D eigenvalue weighted by molar-refractivity contribution is -0.115. The summed E-state index contributed by atoms with van der Waals surface area (Å²) in [4.78, 5) is 16.2. The number of aromatic nitrogens is 1. The van der Waals surface area contributed by atoms with Crippen LogP contribution in [0.15, 0.2) is 30.5 Å². The van der Waals surface area contributed by atoms with Crippen molar-refractivity contribution in [3.8, 4) is 0 Å². The van der Waals surface area contributed by atoms with E-state index in [4.69, 9.17) is 11.6 Å². The Morgan fingerprint density at radius 1 is 1.35 bits per heavy atom. The van der Waals surface area contributed by atoms with Crippen molar-refractivity contribution in [1.82, 2.24) is 10.3 Å². The number of nitrogens with one attached hydrogen (secondary N) is 2. The molecule has 1 fully saturated rings. The second-order valence-corrected chi connectivity index (χ2v) is 5.52. The molecule has 1 aromatic carbocycles. The van der Waals surface area contributed by atoms with E-state index in [0.29, 0.717) is 17.1 Å². The maximum atomic E-state index is 11.9. The minimum absolute atomic E-state index is 0.0434. The Labute approximate surface area is 122 Å². The van der Waals surface area contributed by atoms with Crippen molar-refractivity contribution in [1.29, 1.82) is 0 Å². The number of rotatable bonds is 5. The average molecular weight is 290 g/mol. The number of fused-ring (bicyclic) bond motifs is 1. The molecule has 2 aromatic rings. The van der Waals surface area contributed by atoms with Crippen LogP contribution in [-0.2, 0) is 4.79 Å². The third-order valence-corrected chi connectivity index (χ3v) is 3.72. The van der Waals surface area contributed by atoms with Crippen LogP contribution in [0.5, 0.6) is 0 Å². The number of benzene rings is 1. The first kappa shape index (κ1) is 13.3. The van der Waals surface area contributed by atoms with E-state index in [1.807, 2.05) is 18.2 Å². The number of hydrogen-bond acceptors (Lipinski definition) is 3. The molecule has 1 saturated carbocycles. The Balaban J connectivity index is 1.70. The fraction of sp³-hybridized carbons (Fsp3) is 0.333. The number of carbonyl (C=O) groups excluding carboxylic acids is 1. The van der Waals surface area contributed by atoms with E-state index in [-0.39, 0.29) is 5.91 Å². The van der Waals surface area contributed by atoms with Crippen LogP contribution in [-0.4, -0.2) is 24.0 Å². The summed E-state index contributed by atoms with van der Waals surface area (Å²) in [6.45, 7) is 1.26. The summed E-state index contributed by atoms with van der Waals surface area (Å²) in [5.74, 6) is 0.724. The fourth-order valence-electron chi connectivity index (χ4n) is 2.15. The Morgan fingerprint density at radius 3 is 3.00 bits per heavy atom. The molecule has 0 spiro atoms. The number of pyridine rings is 1. The molecule has 104 valence electrons. The Morgan fingerprint density at radius 2 is 2.20 bits per heavy atom. The van der Waals surface area contributed by atoms with Crippen LogP contribution >= 0.6 is 11.6 Å². The topological polar surface area (TPSA) is 54.0 Å². The summed E-state index contributed by atoms with van der Waals surface area (Å²) >= 11 is 6.10. The number of amides is 1. The number of hydrogen-bond donors (Lipinski definition) is 2. The van der Waals surface area contributed by atoms with E-state index in [1.165, 1.54) is 12.8 Å². The van der Waals surface area contributed by atoms with Crippen LogP contribution < -0.4 is 10.6 Å². The van der Waals surface area contributed by atoms with Crippen LogP contribution in [0.3, 0.4) is 0 Å². The molecule has 1 aliphatic rings. The predicted octanol–water partition coefficient (Wildman–Crippen LogP) is 2.83. The van der Waals surface area contributed by atoms with Gasteiger partial charge >= 0.3 is 0 Å². The Hall–Kier alpha value is -1.65. The first-order valence-electron chi connectivity index (χ1n) is 6.78. The number of nitrogens with zero attached hydrogens (tertiary/aromatic N) is 1. The molecule has 0 unspecified atom stereocenters. The third-order valence-electron chi connectivity index (χ3n) is 3.41. The lowest BCUT2D eigenvalue weighted by Gasteiger charge is -2.09. The lowest BCUT2D eigenvalue weighted by Crippen LogP contribution is -2.29. The first-order valence-corrected chi connectivity index (χ1v) is 7.15. The van der Waals surface area contributed by atoms with Gasteiger partial charge in [0.2, 0.25) is 5.91 Å². The van der Waals surface area contributed by atoms with Gasteiger partial charge in [-0.05, 0) is 49.6 Å². The maximum Gasteiger partial charge on any atom is 0.238 e. The molecule has 3 rings (SSSR count). The normalized spacial score (nSPS) is 14.4. The van der Waals surface area contributed by atoms with Gasteiger partial charge in [0, 0.05) is 11.6 Å². The predicted molar refractivity (Wildman–Crippen MR) is 81.0 cm³/mol. The molecule has 0 atom stereocenters. The van der Waals surface area contributed by atoms with Gasteiger partial charge in [-0.15, -0.1) is 0 Å². The molecule has 0 aliphatic heterocycles. The van der Waals surface area contributed by atoms with E-state index in [0.717, 1.165) is 23.5 Å². The summed E-state index contributed by atoms with van der Waals surface area (Å²) < 4.78 is 0. The molecule has 1 aromatic heterocycles. The molecule has 0 radical (unpaired) electrons. The van der Waals surface area contributed by atoms with Crippen molar-refractivity contribution in [3.63, 3.8) is 0 Å². The van der Waals surface area contributed by atoms with Gasteiger partial charge in [0.25, 0.3) is 0 Å². The van der Waals surface area contributed by atoms with Gasteiger partial charge in [0.05, 0.1) is 22.8 Å². The van der Waals surface area contributed by atoms with Gasteiger partial charge in [0.1, 0.15) is 0 Å². The van der Waals surface area contributed by atoms with Crippen LogP contribution in [0, 0.1) is 5.92 Å².